The number of carbonyl (C=O) groups is 1. The molecule has 1 aromatic heterocycles. The van der Waals surface area contributed by atoms with Gasteiger partial charge in [0.15, 0.2) is 0 Å². The molecule has 2 aliphatic rings. The monoisotopic (exact) mass is 459 g/mol. The summed E-state index contributed by atoms with van der Waals surface area (Å²) in [6, 6.07) is 9.18. The van der Waals surface area contributed by atoms with E-state index in [1.807, 2.05) is 0 Å². The molecule has 0 bridgehead atoms. The van der Waals surface area contributed by atoms with Crippen LogP contribution in [0.1, 0.15) is 42.6 Å². The van der Waals surface area contributed by atoms with E-state index in [4.69, 9.17) is 11.1 Å². The van der Waals surface area contributed by atoms with E-state index in [1.54, 1.807) is 28.8 Å². The van der Waals surface area contributed by atoms with Crippen molar-refractivity contribution in [3.8, 4) is 0 Å². The van der Waals surface area contributed by atoms with Crippen LogP contribution in [-0.2, 0) is 23.3 Å². The van der Waals surface area contributed by atoms with Crippen molar-refractivity contribution >= 4 is 28.5 Å². The summed E-state index contributed by atoms with van der Waals surface area (Å²) in [6.45, 7) is 0.0566. The van der Waals surface area contributed by atoms with Gasteiger partial charge in [0.25, 0.3) is 0 Å². The summed E-state index contributed by atoms with van der Waals surface area (Å²) in [5.41, 5.74) is 7.70. The van der Waals surface area contributed by atoms with Gasteiger partial charge in [0.2, 0.25) is 5.91 Å². The maximum Gasteiger partial charge on any atom is 0.389 e. The van der Waals surface area contributed by atoms with Gasteiger partial charge >= 0.3 is 6.18 Å². The van der Waals surface area contributed by atoms with Crippen molar-refractivity contribution in [1.29, 1.82) is 5.41 Å². The number of rotatable bonds is 6. The van der Waals surface area contributed by atoms with Gasteiger partial charge in [-0.1, -0.05) is 6.07 Å². The van der Waals surface area contributed by atoms with Crippen LogP contribution in [0, 0.1) is 11.2 Å². The van der Waals surface area contributed by atoms with Gasteiger partial charge in [-0.15, -0.1) is 0 Å². The molecule has 3 N–H and O–H groups in total. The number of carbonyl (C=O) groups excluding carboxylic acids is 1. The summed E-state index contributed by atoms with van der Waals surface area (Å²) in [5, 5.41) is 7.64. The molecule has 0 radical (unpaired) electrons. The maximum atomic E-state index is 14.0. The summed E-state index contributed by atoms with van der Waals surface area (Å²) < 4.78 is 54.0. The van der Waals surface area contributed by atoms with Crippen molar-refractivity contribution in [2.45, 2.75) is 50.4 Å². The number of alkyl halides is 3. The number of amidine groups is 1. The lowest BCUT2D eigenvalue weighted by atomic mass is 9.98. The van der Waals surface area contributed by atoms with Crippen molar-refractivity contribution < 1.29 is 22.4 Å². The van der Waals surface area contributed by atoms with Crippen LogP contribution in [0.5, 0.6) is 0 Å². The van der Waals surface area contributed by atoms with Crippen LogP contribution in [0.15, 0.2) is 36.4 Å². The maximum absolute atomic E-state index is 14.0. The zero-order chi connectivity index (χ0) is 23.5. The number of aryl methyl sites for hydroxylation is 1. The topological polar surface area (TPSA) is 88.0 Å². The molecule has 1 spiro atoms. The van der Waals surface area contributed by atoms with Crippen molar-refractivity contribution in [1.82, 2.24) is 9.55 Å². The summed E-state index contributed by atoms with van der Waals surface area (Å²) in [5.74, 6) is -0.357. The number of hydrogen-bond acceptors (Lipinski definition) is 3. The average molecular weight is 459 g/mol. The van der Waals surface area contributed by atoms with E-state index in [2.05, 4.69) is 4.98 Å². The normalized spacial score (nSPS) is 16.6. The smallest absolute Gasteiger partial charge is 0.384 e. The highest BCUT2D eigenvalue weighted by Gasteiger charge is 2.59. The minimum Gasteiger partial charge on any atom is -0.384 e. The largest absolute Gasteiger partial charge is 0.389 e. The van der Waals surface area contributed by atoms with E-state index in [1.165, 1.54) is 17.0 Å². The minimum atomic E-state index is -4.28. The molecular weight excluding hydrogens is 438 g/mol. The number of nitrogen functional groups attached to an aromatic ring is 1. The molecule has 3 aromatic rings. The zero-order valence-corrected chi connectivity index (χ0v) is 17.5. The Kier molecular flexibility index (Phi) is 4.73. The zero-order valence-electron chi connectivity index (χ0n) is 17.5. The lowest BCUT2D eigenvalue weighted by Gasteiger charge is -2.19. The third-order valence-electron chi connectivity index (χ3n) is 6.45. The van der Waals surface area contributed by atoms with Crippen molar-refractivity contribution in [3.63, 3.8) is 0 Å². The Bertz CT molecular complexity index is 1290. The van der Waals surface area contributed by atoms with E-state index in [0.29, 0.717) is 41.0 Å². The molecule has 1 fully saturated rings. The van der Waals surface area contributed by atoms with Gasteiger partial charge in [-0.05, 0) is 55.2 Å². The SMILES string of the molecule is N=C(N)c1ccc2c(c1)nc(CN1C(=O)C3(CC3)c3ccc(F)cc31)n2CCCC(F)(F)F. The Morgan fingerprint density at radius 2 is 1.94 bits per heavy atom. The summed E-state index contributed by atoms with van der Waals surface area (Å²) in [6.07, 6.45) is -4.01. The highest BCUT2D eigenvalue weighted by molar-refractivity contribution is 6.10. The lowest BCUT2D eigenvalue weighted by Crippen LogP contribution is -2.32. The molecule has 1 aliphatic carbocycles. The van der Waals surface area contributed by atoms with Gasteiger partial charge in [-0.3, -0.25) is 10.2 Å². The first-order valence-corrected chi connectivity index (χ1v) is 10.6. The molecular formula is C23H21F4N5O. The predicted molar refractivity (Wildman–Crippen MR) is 115 cm³/mol. The van der Waals surface area contributed by atoms with E-state index >= 15 is 0 Å². The molecule has 1 aliphatic heterocycles. The molecule has 0 unspecified atom stereocenters. The van der Waals surface area contributed by atoms with Crippen molar-refractivity contribution in [3.05, 3.63) is 59.2 Å². The summed E-state index contributed by atoms with van der Waals surface area (Å²) >= 11 is 0. The second-order valence-electron chi connectivity index (χ2n) is 8.65. The summed E-state index contributed by atoms with van der Waals surface area (Å²) in [7, 11) is 0. The van der Waals surface area contributed by atoms with Crippen LogP contribution in [0.25, 0.3) is 11.0 Å². The number of imidazole rings is 1. The van der Waals surface area contributed by atoms with Gasteiger partial charge in [0, 0.05) is 18.5 Å². The second-order valence-corrected chi connectivity index (χ2v) is 8.65. The van der Waals surface area contributed by atoms with E-state index in [0.717, 1.165) is 5.56 Å². The lowest BCUT2D eigenvalue weighted by molar-refractivity contribution is -0.135. The highest BCUT2D eigenvalue weighted by Crippen LogP contribution is 2.57. The van der Waals surface area contributed by atoms with Crippen molar-refractivity contribution in [2.24, 2.45) is 5.73 Å². The van der Waals surface area contributed by atoms with Crippen LogP contribution in [0.3, 0.4) is 0 Å². The number of benzene rings is 2. The Morgan fingerprint density at radius 1 is 1.18 bits per heavy atom. The van der Waals surface area contributed by atoms with Crippen LogP contribution in [0.4, 0.5) is 23.2 Å². The molecule has 0 atom stereocenters. The van der Waals surface area contributed by atoms with Crippen LogP contribution in [-0.4, -0.2) is 27.5 Å². The van der Waals surface area contributed by atoms with Gasteiger partial charge in [0.05, 0.1) is 28.7 Å². The molecule has 172 valence electrons. The first-order valence-electron chi connectivity index (χ1n) is 10.6. The number of nitrogens with zero attached hydrogens (tertiary/aromatic N) is 3. The third-order valence-corrected chi connectivity index (χ3v) is 6.45. The first kappa shape index (κ1) is 21.4. The van der Waals surface area contributed by atoms with Crippen LogP contribution >= 0.6 is 0 Å². The highest BCUT2D eigenvalue weighted by atomic mass is 19.4. The van der Waals surface area contributed by atoms with Gasteiger partial charge in [-0.2, -0.15) is 13.2 Å². The van der Waals surface area contributed by atoms with Crippen LogP contribution < -0.4 is 10.6 Å². The van der Waals surface area contributed by atoms with E-state index in [-0.39, 0.29) is 31.3 Å². The Hall–Kier alpha value is -3.43. The average Bonchev–Trinajstić information content (AvgIpc) is 3.43. The quantitative estimate of drug-likeness (QED) is 0.326. The molecule has 2 aromatic carbocycles. The fraction of sp³-hybridized carbons (Fsp3) is 0.348. The second kappa shape index (κ2) is 7.29. The van der Waals surface area contributed by atoms with E-state index < -0.39 is 23.8 Å². The molecule has 1 amide bonds. The predicted octanol–water partition coefficient (Wildman–Crippen LogP) is 4.38. The van der Waals surface area contributed by atoms with Gasteiger partial charge in [0.1, 0.15) is 17.5 Å². The number of amides is 1. The Labute approximate surface area is 186 Å². The number of anilines is 1. The Balaban J connectivity index is 1.54. The molecule has 0 saturated heterocycles. The van der Waals surface area contributed by atoms with Crippen LogP contribution in [0.2, 0.25) is 0 Å². The van der Waals surface area contributed by atoms with Gasteiger partial charge < -0.3 is 15.2 Å². The molecule has 10 heteroatoms. The molecule has 1 saturated carbocycles. The van der Waals surface area contributed by atoms with Gasteiger partial charge in [-0.25, -0.2) is 9.37 Å². The fourth-order valence-corrected chi connectivity index (χ4v) is 4.68. The third kappa shape index (κ3) is 3.63. The number of nitrogens with one attached hydrogen (secondary N) is 1. The number of hydrogen-bond donors (Lipinski definition) is 2. The fourth-order valence-electron chi connectivity index (χ4n) is 4.68. The number of halogens is 4. The standard InChI is InChI=1S/C23H21F4N5O/c24-14-3-4-15-18(11-14)32(21(33)22(15)7-8-22)12-19-30-16-10-13(20(28)29)2-5-17(16)31(19)9-1-6-23(25,26)27/h2-5,10-11H,1,6-9,12H2,(H3,28,29). The number of aromatic nitrogens is 2. The summed E-state index contributed by atoms with van der Waals surface area (Å²) in [4.78, 5) is 19.3. The first-order chi connectivity index (χ1) is 15.6. The minimum absolute atomic E-state index is 0.00708. The van der Waals surface area contributed by atoms with E-state index in [9.17, 15) is 22.4 Å². The molecule has 6 nitrogen and oxygen atoms in total. The number of fused-ring (bicyclic) bond motifs is 3. The number of nitrogens with two attached hydrogens (primary N) is 1. The Morgan fingerprint density at radius 3 is 2.61 bits per heavy atom. The molecule has 33 heavy (non-hydrogen) atoms. The molecule has 2 heterocycles. The van der Waals surface area contributed by atoms with Crippen molar-refractivity contribution in [2.75, 3.05) is 4.90 Å². The molecule has 5 rings (SSSR count).